The number of fused-ring (bicyclic) bond motifs is 1. The summed E-state index contributed by atoms with van der Waals surface area (Å²) < 4.78 is 64.9. The van der Waals surface area contributed by atoms with E-state index in [9.17, 15) is 31.9 Å². The lowest BCUT2D eigenvalue weighted by Crippen LogP contribution is -2.30. The van der Waals surface area contributed by atoms with Gasteiger partial charge in [-0.1, -0.05) is 0 Å². The molecular formula is C19H20F4O6. The van der Waals surface area contributed by atoms with Crippen molar-refractivity contribution in [3.8, 4) is 5.75 Å². The highest BCUT2D eigenvalue weighted by Crippen LogP contribution is 2.45. The minimum atomic E-state index is -4.67. The Kier molecular flexibility index (Phi) is 6.86. The van der Waals surface area contributed by atoms with Crippen LogP contribution >= 0.6 is 0 Å². The average molecular weight is 420 g/mol. The normalized spacial score (nSPS) is 15.0. The Hall–Kier alpha value is -2.65. The number of carbonyl (C=O) groups is 3. The van der Waals surface area contributed by atoms with E-state index in [0.29, 0.717) is 0 Å². The van der Waals surface area contributed by atoms with Gasteiger partial charge in [0.15, 0.2) is 24.0 Å². The monoisotopic (exact) mass is 420 g/mol. The van der Waals surface area contributed by atoms with E-state index < -0.39 is 47.5 Å². The van der Waals surface area contributed by atoms with E-state index >= 15 is 0 Å². The number of Topliss-reactive ketones (excluding diaryl/α,β-unsaturated/α-hetero) is 1. The van der Waals surface area contributed by atoms with E-state index in [-0.39, 0.29) is 43.2 Å². The summed E-state index contributed by atoms with van der Waals surface area (Å²) in [5.74, 6) is -3.33. The second-order valence-electron chi connectivity index (χ2n) is 6.78. The lowest BCUT2D eigenvalue weighted by molar-refractivity contribution is -0.153. The molecule has 0 bridgehead atoms. The molecule has 1 aromatic rings. The molecule has 1 aliphatic rings. The highest BCUT2D eigenvalue weighted by molar-refractivity contribution is 6.05. The fourth-order valence-corrected chi connectivity index (χ4v) is 3.37. The third kappa shape index (κ3) is 5.45. The van der Waals surface area contributed by atoms with Crippen molar-refractivity contribution in [2.75, 3.05) is 20.8 Å². The fourth-order valence-electron chi connectivity index (χ4n) is 3.37. The largest absolute Gasteiger partial charge is 0.481 e. The fraction of sp³-hybridized carbons (Fsp3) is 0.526. The molecule has 1 aliphatic carbocycles. The van der Waals surface area contributed by atoms with Crippen molar-refractivity contribution in [1.29, 1.82) is 0 Å². The van der Waals surface area contributed by atoms with Gasteiger partial charge in [-0.3, -0.25) is 14.4 Å². The molecule has 6 nitrogen and oxygen atoms in total. The van der Waals surface area contributed by atoms with Crippen LogP contribution in [-0.4, -0.2) is 44.7 Å². The molecule has 0 heterocycles. The third-order valence-corrected chi connectivity index (χ3v) is 4.87. The summed E-state index contributed by atoms with van der Waals surface area (Å²) in [6.45, 7) is -1.70. The second-order valence-corrected chi connectivity index (χ2v) is 6.78. The zero-order valence-corrected chi connectivity index (χ0v) is 15.9. The molecule has 160 valence electrons. The Labute approximate surface area is 164 Å². The number of methoxy groups -OCH3 is 2. The second kappa shape index (κ2) is 8.79. The molecule has 0 aliphatic heterocycles. The molecule has 0 fully saturated rings. The number of ether oxygens (including phenoxy) is 3. The molecule has 0 N–H and O–H groups in total. The van der Waals surface area contributed by atoms with Gasteiger partial charge in [-0.25, -0.2) is 4.39 Å². The molecule has 0 spiro atoms. The Morgan fingerprint density at radius 2 is 1.62 bits per heavy atom. The van der Waals surface area contributed by atoms with Crippen LogP contribution in [0.15, 0.2) is 12.1 Å². The van der Waals surface area contributed by atoms with Crippen molar-refractivity contribution < 1.29 is 46.2 Å². The summed E-state index contributed by atoms with van der Waals surface area (Å²) in [7, 11) is 2.38. The van der Waals surface area contributed by atoms with Gasteiger partial charge >= 0.3 is 18.1 Å². The van der Waals surface area contributed by atoms with Crippen molar-refractivity contribution in [3.63, 3.8) is 0 Å². The summed E-state index contributed by atoms with van der Waals surface area (Å²) in [5, 5.41) is 0. The summed E-state index contributed by atoms with van der Waals surface area (Å²) in [6.07, 6.45) is -4.80. The first-order chi connectivity index (χ1) is 13.5. The zero-order valence-electron chi connectivity index (χ0n) is 15.9. The van der Waals surface area contributed by atoms with Gasteiger partial charge in [0.05, 0.1) is 14.2 Å². The van der Waals surface area contributed by atoms with Gasteiger partial charge in [0.25, 0.3) is 0 Å². The molecule has 0 saturated heterocycles. The number of esters is 2. The lowest BCUT2D eigenvalue weighted by Gasteiger charge is -2.26. The molecule has 2 rings (SSSR count). The zero-order chi connectivity index (χ0) is 21.8. The van der Waals surface area contributed by atoms with Gasteiger partial charge in [0.2, 0.25) is 0 Å². The van der Waals surface area contributed by atoms with Gasteiger partial charge in [-0.15, -0.1) is 0 Å². The van der Waals surface area contributed by atoms with Crippen LogP contribution < -0.4 is 4.74 Å². The van der Waals surface area contributed by atoms with E-state index in [1.165, 1.54) is 14.2 Å². The topological polar surface area (TPSA) is 78.9 Å². The van der Waals surface area contributed by atoms with E-state index in [0.717, 1.165) is 12.1 Å². The maximum Gasteiger partial charge on any atom is 0.422 e. The maximum atomic E-state index is 14.2. The molecular weight excluding hydrogens is 400 g/mol. The maximum absolute atomic E-state index is 14.2. The van der Waals surface area contributed by atoms with Crippen LogP contribution in [0.25, 0.3) is 0 Å². The molecule has 29 heavy (non-hydrogen) atoms. The number of hydrogen-bond donors (Lipinski definition) is 0. The highest BCUT2D eigenvalue weighted by Gasteiger charge is 2.46. The van der Waals surface area contributed by atoms with Crippen molar-refractivity contribution in [3.05, 3.63) is 29.1 Å². The van der Waals surface area contributed by atoms with Gasteiger partial charge in [0.1, 0.15) is 0 Å². The highest BCUT2D eigenvalue weighted by atomic mass is 19.4. The number of ketones is 1. The Morgan fingerprint density at radius 1 is 1.07 bits per heavy atom. The molecule has 0 saturated carbocycles. The Balaban J connectivity index is 2.32. The lowest BCUT2D eigenvalue weighted by atomic mass is 9.75. The smallest absolute Gasteiger partial charge is 0.422 e. The van der Waals surface area contributed by atoms with E-state index in [1.54, 1.807) is 0 Å². The van der Waals surface area contributed by atoms with Crippen LogP contribution in [0.4, 0.5) is 17.6 Å². The van der Waals surface area contributed by atoms with Crippen molar-refractivity contribution in [1.82, 2.24) is 0 Å². The third-order valence-electron chi connectivity index (χ3n) is 4.87. The van der Waals surface area contributed by atoms with Crippen LogP contribution in [0.1, 0.15) is 41.6 Å². The van der Waals surface area contributed by atoms with E-state index in [4.69, 9.17) is 0 Å². The van der Waals surface area contributed by atoms with Crippen LogP contribution in [0.5, 0.6) is 5.75 Å². The number of halogens is 4. The molecule has 0 amide bonds. The van der Waals surface area contributed by atoms with Gasteiger partial charge in [-0.05, 0) is 37.0 Å². The van der Waals surface area contributed by atoms with Crippen LogP contribution in [0, 0.1) is 11.2 Å². The molecule has 0 aromatic heterocycles. The Morgan fingerprint density at radius 3 is 2.10 bits per heavy atom. The van der Waals surface area contributed by atoms with Crippen LogP contribution in [0.2, 0.25) is 0 Å². The van der Waals surface area contributed by atoms with Gasteiger partial charge in [0, 0.05) is 23.8 Å². The summed E-state index contributed by atoms with van der Waals surface area (Å²) >= 11 is 0. The van der Waals surface area contributed by atoms with Gasteiger partial charge in [-0.2, -0.15) is 13.2 Å². The quantitative estimate of drug-likeness (QED) is 0.474. The van der Waals surface area contributed by atoms with E-state index in [1.807, 2.05) is 0 Å². The number of alkyl halides is 3. The first-order valence-corrected chi connectivity index (χ1v) is 8.72. The van der Waals surface area contributed by atoms with Crippen molar-refractivity contribution >= 4 is 17.7 Å². The number of carbonyl (C=O) groups excluding carboxylic acids is 3. The summed E-state index contributed by atoms with van der Waals surface area (Å²) in [5.41, 5.74) is -0.903. The average Bonchev–Trinajstić information content (AvgIpc) is 2.93. The number of hydrogen-bond acceptors (Lipinski definition) is 6. The van der Waals surface area contributed by atoms with E-state index in [2.05, 4.69) is 14.2 Å². The van der Waals surface area contributed by atoms with Crippen molar-refractivity contribution in [2.45, 2.75) is 38.3 Å². The standard InChI is InChI=1S/C19H20F4O6/c1-27-15(24)3-5-18(6-4-16(25)28-2)9-11-7-13(20)14(8-12(11)17(18)26)29-10-19(21,22)23/h7-8H,3-6,9-10H2,1-2H3. The molecule has 1 aromatic carbocycles. The number of rotatable bonds is 8. The minimum absolute atomic E-state index is 0.0123. The van der Waals surface area contributed by atoms with Crippen molar-refractivity contribution in [2.24, 2.45) is 5.41 Å². The Bertz CT molecular complexity index is 783. The first kappa shape index (κ1) is 22.6. The molecule has 0 unspecified atom stereocenters. The summed E-state index contributed by atoms with van der Waals surface area (Å²) in [4.78, 5) is 36.2. The summed E-state index contributed by atoms with van der Waals surface area (Å²) in [6, 6.07) is 1.90. The number of benzene rings is 1. The predicted octanol–water partition coefficient (Wildman–Crippen LogP) is 3.40. The first-order valence-electron chi connectivity index (χ1n) is 8.72. The SMILES string of the molecule is COC(=O)CCC1(CCC(=O)OC)Cc2cc(F)c(OCC(F)(F)F)cc2C1=O. The van der Waals surface area contributed by atoms with Crippen LogP contribution in [0.3, 0.4) is 0 Å². The molecule has 0 radical (unpaired) electrons. The minimum Gasteiger partial charge on any atom is -0.481 e. The predicted molar refractivity (Wildman–Crippen MR) is 90.9 cm³/mol. The van der Waals surface area contributed by atoms with Gasteiger partial charge < -0.3 is 14.2 Å². The molecule has 0 atom stereocenters. The van der Waals surface area contributed by atoms with Crippen LogP contribution in [-0.2, 0) is 25.5 Å². The molecule has 10 heteroatoms.